The Balaban J connectivity index is 1.26. The molecule has 0 saturated heterocycles. The van der Waals surface area contributed by atoms with Crippen LogP contribution >= 0.6 is 0 Å². The number of allylic oxidation sites excluding steroid dienone is 4. The molecule has 0 bridgehead atoms. The summed E-state index contributed by atoms with van der Waals surface area (Å²) in [6, 6.07) is 27.0. The monoisotopic (exact) mass is 763 g/mol. The average molecular weight is 763 g/mol. The Morgan fingerprint density at radius 1 is 0.891 bits per heavy atom. The van der Waals surface area contributed by atoms with Crippen LogP contribution in [0.15, 0.2) is 102 Å². The molecule has 3 aromatic carbocycles. The Hall–Kier alpha value is -3.08. The van der Waals surface area contributed by atoms with Crippen LogP contribution in [0.1, 0.15) is 130 Å². The molecule has 55 heavy (non-hydrogen) atoms. The van der Waals surface area contributed by atoms with Gasteiger partial charge in [0.15, 0.2) is 8.32 Å². The smallest absolute Gasteiger partial charge is 0.192 e. The largest absolute Gasteiger partial charge is 0.489 e. The van der Waals surface area contributed by atoms with Gasteiger partial charge in [-0.2, -0.15) is 0 Å². The van der Waals surface area contributed by atoms with Gasteiger partial charge in [-0.1, -0.05) is 139 Å². The van der Waals surface area contributed by atoms with Gasteiger partial charge in [-0.05, 0) is 141 Å². The zero-order valence-corrected chi connectivity index (χ0v) is 37.5. The maximum atomic E-state index is 7.45. The van der Waals surface area contributed by atoms with Gasteiger partial charge < -0.3 is 13.9 Å². The van der Waals surface area contributed by atoms with Crippen LogP contribution in [0, 0.1) is 28.6 Å². The van der Waals surface area contributed by atoms with Crippen molar-refractivity contribution >= 4 is 8.32 Å². The normalized spacial score (nSPS) is 22.7. The second-order valence-corrected chi connectivity index (χ2v) is 24.5. The van der Waals surface area contributed by atoms with Crippen molar-refractivity contribution in [1.29, 1.82) is 0 Å². The van der Waals surface area contributed by atoms with Gasteiger partial charge in [-0.15, -0.1) is 0 Å². The molecule has 0 aromatic heterocycles. The van der Waals surface area contributed by atoms with Crippen molar-refractivity contribution < 1.29 is 13.9 Å². The van der Waals surface area contributed by atoms with Gasteiger partial charge in [0, 0.05) is 11.7 Å². The molecule has 0 heterocycles. The zero-order valence-electron chi connectivity index (χ0n) is 36.5. The lowest BCUT2D eigenvalue weighted by molar-refractivity contribution is -0.0526. The Bertz CT molecular complexity index is 1720. The van der Waals surface area contributed by atoms with E-state index in [1.54, 1.807) is 5.57 Å². The van der Waals surface area contributed by atoms with E-state index < -0.39 is 8.32 Å². The number of hydrogen-bond donors (Lipinski definition) is 0. The SMILES string of the molecule is CC1=CC[C@H]2C(C)(C)CCC[C@]2(C)[C@H]1C[C@@H](O[Si](C)(C)C(C)(C)C)[C@H](C)CCC/C(C)=C/Cc1cc(OCc2ccccc2)ccc1OCc1ccccc1. The third-order valence-corrected chi connectivity index (χ3v) is 18.6. The first kappa shape index (κ1) is 43.0. The number of fused-ring (bicyclic) bond motifs is 1. The molecule has 4 heteroatoms. The van der Waals surface area contributed by atoms with Gasteiger partial charge in [0.25, 0.3) is 0 Å². The highest BCUT2D eigenvalue weighted by Crippen LogP contribution is 2.61. The standard InChI is InChI=1S/C51H74O3Si/c1-38(26-28-43-34-44(52-36-41-22-14-12-15-23-41)29-30-46(43)53-37-42-24-16-13-17-25-42)20-18-21-40(3)47(54-55(10,11)49(4,5)6)35-45-39(2)27-31-48-50(7,8)32-19-33-51(45,48)9/h12-17,22-27,29-30,34,40,45,47-48H,18-21,28,31-33,35-37H2,1-11H3/b38-26+/t40-,45+,47-,48+,51-/m1/s1. The van der Waals surface area contributed by atoms with Crippen LogP contribution in [0.4, 0.5) is 0 Å². The fourth-order valence-corrected chi connectivity index (χ4v) is 10.9. The first-order valence-electron chi connectivity index (χ1n) is 21.4. The average Bonchev–Trinajstić information content (AvgIpc) is 3.13. The molecule has 0 aliphatic heterocycles. The van der Waals surface area contributed by atoms with Crippen LogP contribution in [0.25, 0.3) is 0 Å². The molecule has 3 nitrogen and oxygen atoms in total. The first-order chi connectivity index (χ1) is 26.0. The van der Waals surface area contributed by atoms with Gasteiger partial charge >= 0.3 is 0 Å². The van der Waals surface area contributed by atoms with Gasteiger partial charge in [0.1, 0.15) is 24.7 Å². The van der Waals surface area contributed by atoms with Gasteiger partial charge in [-0.25, -0.2) is 0 Å². The molecule has 0 amide bonds. The van der Waals surface area contributed by atoms with Crippen LogP contribution in [-0.2, 0) is 24.1 Å². The maximum Gasteiger partial charge on any atom is 0.192 e. The quantitative estimate of drug-likeness (QED) is 0.101. The Morgan fingerprint density at radius 2 is 1.53 bits per heavy atom. The van der Waals surface area contributed by atoms with Crippen molar-refractivity contribution in [3.63, 3.8) is 0 Å². The summed E-state index contributed by atoms with van der Waals surface area (Å²) in [6.45, 7) is 28.1. The lowest BCUT2D eigenvalue weighted by atomic mass is 9.48. The molecular formula is C51H74O3Si. The predicted octanol–water partition coefficient (Wildman–Crippen LogP) is 14.7. The number of benzene rings is 3. The van der Waals surface area contributed by atoms with Crippen molar-refractivity contribution in [2.24, 2.45) is 28.6 Å². The van der Waals surface area contributed by atoms with Crippen molar-refractivity contribution in [2.45, 2.75) is 158 Å². The fraction of sp³-hybridized carbons (Fsp3) is 0.569. The van der Waals surface area contributed by atoms with Gasteiger partial charge in [-0.3, -0.25) is 0 Å². The van der Waals surface area contributed by atoms with Crippen molar-refractivity contribution in [3.05, 3.63) is 119 Å². The summed E-state index contributed by atoms with van der Waals surface area (Å²) >= 11 is 0. The molecule has 3 aromatic rings. The van der Waals surface area contributed by atoms with E-state index in [2.05, 4.69) is 148 Å². The van der Waals surface area contributed by atoms with E-state index in [1.165, 1.54) is 49.7 Å². The van der Waals surface area contributed by atoms with Crippen molar-refractivity contribution in [1.82, 2.24) is 0 Å². The summed E-state index contributed by atoms with van der Waals surface area (Å²) in [4.78, 5) is 0. The topological polar surface area (TPSA) is 27.7 Å². The zero-order chi connectivity index (χ0) is 39.9. The minimum Gasteiger partial charge on any atom is -0.489 e. The van der Waals surface area contributed by atoms with Crippen LogP contribution < -0.4 is 9.47 Å². The molecular weight excluding hydrogens is 689 g/mol. The second-order valence-electron chi connectivity index (χ2n) is 19.7. The molecule has 0 spiro atoms. The summed E-state index contributed by atoms with van der Waals surface area (Å²) in [5.41, 5.74) is 7.29. The third kappa shape index (κ3) is 11.3. The van der Waals surface area contributed by atoms with Crippen molar-refractivity contribution in [2.75, 3.05) is 0 Å². The van der Waals surface area contributed by atoms with Gasteiger partial charge in [0.2, 0.25) is 0 Å². The van der Waals surface area contributed by atoms with E-state index in [-0.39, 0.29) is 11.1 Å². The van der Waals surface area contributed by atoms with Crippen LogP contribution in [0.2, 0.25) is 18.1 Å². The van der Waals surface area contributed by atoms with E-state index in [1.807, 2.05) is 18.2 Å². The van der Waals surface area contributed by atoms with Crippen LogP contribution in [-0.4, -0.2) is 14.4 Å². The molecule has 300 valence electrons. The molecule has 0 unspecified atom stereocenters. The Labute approximate surface area is 337 Å². The molecule has 2 aliphatic carbocycles. The number of rotatable bonds is 17. The second kappa shape index (κ2) is 18.5. The van der Waals surface area contributed by atoms with E-state index in [0.717, 1.165) is 47.8 Å². The summed E-state index contributed by atoms with van der Waals surface area (Å²) in [6.07, 6.45) is 16.0. The Kier molecular flexibility index (Phi) is 14.4. The van der Waals surface area contributed by atoms with E-state index in [0.29, 0.717) is 35.9 Å². The third-order valence-electron chi connectivity index (χ3n) is 14.1. The first-order valence-corrected chi connectivity index (χ1v) is 24.4. The highest BCUT2D eigenvalue weighted by molar-refractivity contribution is 6.74. The molecule has 1 saturated carbocycles. The minimum absolute atomic E-state index is 0.189. The van der Waals surface area contributed by atoms with Crippen molar-refractivity contribution in [3.8, 4) is 11.5 Å². The summed E-state index contributed by atoms with van der Waals surface area (Å²) in [5.74, 6) is 3.64. The van der Waals surface area contributed by atoms with Crippen LogP contribution in [0.5, 0.6) is 11.5 Å². The van der Waals surface area contributed by atoms with E-state index in [9.17, 15) is 0 Å². The van der Waals surface area contributed by atoms with Gasteiger partial charge in [0.05, 0.1) is 0 Å². The van der Waals surface area contributed by atoms with Crippen LogP contribution in [0.3, 0.4) is 0 Å². The highest BCUT2D eigenvalue weighted by Gasteiger charge is 2.53. The minimum atomic E-state index is -1.96. The van der Waals surface area contributed by atoms with E-state index in [4.69, 9.17) is 13.9 Å². The molecule has 5 atom stereocenters. The molecule has 0 N–H and O–H groups in total. The number of hydrogen-bond acceptors (Lipinski definition) is 3. The number of ether oxygens (including phenoxy) is 2. The lowest BCUT2D eigenvalue weighted by Crippen LogP contribution is -2.51. The molecule has 0 radical (unpaired) electrons. The maximum absolute atomic E-state index is 7.45. The lowest BCUT2D eigenvalue weighted by Gasteiger charge is -2.57. The summed E-state index contributed by atoms with van der Waals surface area (Å²) in [5, 5.41) is 0.189. The predicted molar refractivity (Wildman–Crippen MR) is 236 cm³/mol. The summed E-state index contributed by atoms with van der Waals surface area (Å²) in [7, 11) is -1.96. The molecule has 2 aliphatic rings. The highest BCUT2D eigenvalue weighted by atomic mass is 28.4. The molecule has 1 fully saturated rings. The Morgan fingerprint density at radius 3 is 2.16 bits per heavy atom. The molecule has 5 rings (SSSR count). The summed E-state index contributed by atoms with van der Waals surface area (Å²) < 4.78 is 20.1. The fourth-order valence-electron chi connectivity index (χ4n) is 9.47. The van der Waals surface area contributed by atoms with E-state index >= 15 is 0 Å².